The molecule has 0 heterocycles. The van der Waals surface area contributed by atoms with E-state index < -0.39 is 0 Å². The van der Waals surface area contributed by atoms with Crippen molar-refractivity contribution in [2.45, 2.75) is 26.2 Å². The lowest BCUT2D eigenvalue weighted by Crippen LogP contribution is -2.03. The van der Waals surface area contributed by atoms with Gasteiger partial charge >= 0.3 is 0 Å². The molecule has 0 amide bonds. The zero-order valence-corrected chi connectivity index (χ0v) is 9.44. The largest absolute Gasteiger partial charge is 0.299 e. The summed E-state index contributed by atoms with van der Waals surface area (Å²) in [6.07, 6.45) is 1.30. The minimum Gasteiger partial charge on any atom is -0.299 e. The molecule has 0 spiro atoms. The number of ketones is 1. The van der Waals surface area contributed by atoms with Crippen molar-refractivity contribution in [1.82, 2.24) is 0 Å². The summed E-state index contributed by atoms with van der Waals surface area (Å²) >= 11 is 4.60. The highest BCUT2D eigenvalue weighted by Gasteiger charge is 2.04. The van der Waals surface area contributed by atoms with E-state index in [2.05, 4.69) is 12.2 Å². The average molecular weight is 224 g/mol. The number of hydrogen-bond acceptors (Lipinski definition) is 2. The monoisotopic (exact) mass is 224 g/mol. The van der Waals surface area contributed by atoms with Crippen molar-refractivity contribution < 1.29 is 9.18 Å². The number of Topliss-reactive ketones (excluding diaryl/α,β-unsaturated/α-hetero) is 1. The van der Waals surface area contributed by atoms with E-state index in [1.165, 1.54) is 17.5 Å². The van der Waals surface area contributed by atoms with Crippen LogP contribution in [0.3, 0.4) is 0 Å². The molecule has 0 N–H and O–H groups in total. The molecule has 0 fully saturated rings. The Morgan fingerprint density at radius 2 is 2.07 bits per heavy atom. The second-order valence-corrected chi connectivity index (χ2v) is 3.74. The van der Waals surface area contributed by atoms with E-state index in [-0.39, 0.29) is 24.4 Å². The first-order valence-electron chi connectivity index (χ1n) is 4.89. The summed E-state index contributed by atoms with van der Waals surface area (Å²) in [5.74, 6) is -0.253. The van der Waals surface area contributed by atoms with E-state index in [0.717, 1.165) is 17.5 Å². The first-order valence-corrected chi connectivity index (χ1v) is 5.36. The van der Waals surface area contributed by atoms with Crippen molar-refractivity contribution in [2.24, 2.45) is 0 Å². The molecule has 0 saturated heterocycles. The quantitative estimate of drug-likeness (QED) is 0.715. The number of rotatable bonds is 5. The summed E-state index contributed by atoms with van der Waals surface area (Å²) in [7, 11) is 0. The lowest BCUT2D eigenvalue weighted by molar-refractivity contribution is -0.117. The fraction of sp³-hybridized carbons (Fsp3) is 0.333. The number of benzene rings is 1. The van der Waals surface area contributed by atoms with Crippen LogP contribution < -0.4 is 0 Å². The minimum absolute atomic E-state index is 0.0256. The van der Waals surface area contributed by atoms with E-state index in [1.54, 1.807) is 0 Å². The molecule has 0 bridgehead atoms. The van der Waals surface area contributed by atoms with Gasteiger partial charge in [-0.15, -0.1) is 0 Å². The topological polar surface area (TPSA) is 17.1 Å². The van der Waals surface area contributed by atoms with E-state index in [4.69, 9.17) is 0 Å². The van der Waals surface area contributed by atoms with Crippen molar-refractivity contribution in [3.63, 3.8) is 0 Å². The van der Waals surface area contributed by atoms with Crippen LogP contribution in [0.2, 0.25) is 0 Å². The van der Waals surface area contributed by atoms with Gasteiger partial charge in [-0.05, 0) is 35.0 Å². The standard InChI is InChI=1S/C12H13FOS/c1-2-9-5-10(7-11(13)6-9)8-12(14)3-4-15/h4-7H,2-3,8H2,1H3. The van der Waals surface area contributed by atoms with Gasteiger partial charge in [0.05, 0.1) is 0 Å². The lowest BCUT2D eigenvalue weighted by atomic mass is 10.0. The highest BCUT2D eigenvalue weighted by molar-refractivity contribution is 7.79. The van der Waals surface area contributed by atoms with Gasteiger partial charge < -0.3 is 0 Å². The number of aryl methyl sites for hydroxylation is 1. The maximum absolute atomic E-state index is 13.1. The van der Waals surface area contributed by atoms with Gasteiger partial charge in [0.25, 0.3) is 0 Å². The van der Waals surface area contributed by atoms with Gasteiger partial charge in [-0.25, -0.2) is 4.39 Å². The summed E-state index contributed by atoms with van der Waals surface area (Å²) in [6.45, 7) is 1.96. The SMILES string of the molecule is CCc1cc(F)cc(CC(=O)CC=S)c1. The van der Waals surface area contributed by atoms with E-state index >= 15 is 0 Å². The van der Waals surface area contributed by atoms with Crippen LogP contribution in [0, 0.1) is 5.82 Å². The van der Waals surface area contributed by atoms with Crippen LogP contribution in [-0.2, 0) is 17.6 Å². The highest BCUT2D eigenvalue weighted by Crippen LogP contribution is 2.11. The molecule has 1 nitrogen and oxygen atoms in total. The van der Waals surface area contributed by atoms with Crippen LogP contribution in [0.1, 0.15) is 24.5 Å². The summed E-state index contributed by atoms with van der Waals surface area (Å²) in [6, 6.07) is 4.76. The molecule has 0 atom stereocenters. The van der Waals surface area contributed by atoms with Crippen LogP contribution in [0.25, 0.3) is 0 Å². The Morgan fingerprint density at radius 3 is 2.67 bits per heavy atom. The van der Waals surface area contributed by atoms with Crippen LogP contribution in [0.4, 0.5) is 4.39 Å². The fourth-order valence-corrected chi connectivity index (χ4v) is 1.60. The van der Waals surface area contributed by atoms with Gasteiger partial charge in [0.2, 0.25) is 0 Å². The summed E-state index contributed by atoms with van der Waals surface area (Å²) in [5, 5.41) is 1.41. The number of thiocarbonyl (C=S) groups is 1. The zero-order chi connectivity index (χ0) is 11.3. The predicted octanol–water partition coefficient (Wildman–Crippen LogP) is 2.89. The Kier molecular flexibility index (Phi) is 4.56. The fourth-order valence-electron chi connectivity index (χ4n) is 1.42. The van der Waals surface area contributed by atoms with E-state index in [1.807, 2.05) is 13.0 Å². The highest BCUT2D eigenvalue weighted by atomic mass is 32.1. The van der Waals surface area contributed by atoms with Gasteiger partial charge in [-0.1, -0.05) is 25.2 Å². The lowest BCUT2D eigenvalue weighted by Gasteiger charge is -2.03. The first kappa shape index (κ1) is 12.0. The van der Waals surface area contributed by atoms with Gasteiger partial charge in [-0.3, -0.25) is 4.79 Å². The van der Waals surface area contributed by atoms with Crippen molar-refractivity contribution in [1.29, 1.82) is 0 Å². The zero-order valence-electron chi connectivity index (χ0n) is 8.63. The Labute approximate surface area is 94.3 Å². The molecule has 0 aromatic heterocycles. The molecule has 0 saturated carbocycles. The maximum atomic E-state index is 13.1. The molecule has 1 aromatic carbocycles. The molecule has 0 aliphatic carbocycles. The molecule has 0 aliphatic rings. The second-order valence-electron chi connectivity index (χ2n) is 3.41. The van der Waals surface area contributed by atoms with Crippen molar-refractivity contribution in [2.75, 3.05) is 0 Å². The Morgan fingerprint density at radius 1 is 1.40 bits per heavy atom. The third-order valence-electron chi connectivity index (χ3n) is 2.14. The third kappa shape index (κ3) is 3.88. The minimum atomic E-state index is -0.278. The Hall–Kier alpha value is -1.09. The normalized spacial score (nSPS) is 10.0. The molecule has 0 radical (unpaired) electrons. The van der Waals surface area contributed by atoms with Gasteiger partial charge in [0, 0.05) is 12.8 Å². The molecule has 1 aromatic rings. The molecule has 1 rings (SSSR count). The van der Waals surface area contributed by atoms with Gasteiger partial charge in [0.15, 0.2) is 0 Å². The molecule has 15 heavy (non-hydrogen) atoms. The van der Waals surface area contributed by atoms with E-state index in [9.17, 15) is 9.18 Å². The van der Waals surface area contributed by atoms with Crippen LogP contribution in [0.15, 0.2) is 18.2 Å². The molecule has 80 valence electrons. The molecular weight excluding hydrogens is 211 g/mol. The smallest absolute Gasteiger partial charge is 0.141 e. The van der Waals surface area contributed by atoms with Gasteiger partial charge in [0.1, 0.15) is 11.6 Å². The predicted molar refractivity (Wildman–Crippen MR) is 62.8 cm³/mol. The van der Waals surface area contributed by atoms with Crippen molar-refractivity contribution in [3.8, 4) is 0 Å². The van der Waals surface area contributed by atoms with Crippen LogP contribution >= 0.6 is 12.2 Å². The Bertz CT molecular complexity index is 374. The number of carbonyl (C=O) groups is 1. The summed E-state index contributed by atoms with van der Waals surface area (Å²) in [4.78, 5) is 11.3. The number of halogens is 1. The maximum Gasteiger partial charge on any atom is 0.141 e. The molecular formula is C12H13FOS. The van der Waals surface area contributed by atoms with Crippen molar-refractivity contribution in [3.05, 3.63) is 35.1 Å². The molecule has 3 heteroatoms. The van der Waals surface area contributed by atoms with Crippen molar-refractivity contribution >= 4 is 23.4 Å². The van der Waals surface area contributed by atoms with Crippen LogP contribution in [0.5, 0.6) is 0 Å². The second kappa shape index (κ2) is 5.71. The van der Waals surface area contributed by atoms with E-state index in [0.29, 0.717) is 0 Å². The molecule has 0 aliphatic heterocycles. The average Bonchev–Trinajstić information content (AvgIpc) is 2.17. The first-order chi connectivity index (χ1) is 7.15. The summed E-state index contributed by atoms with van der Waals surface area (Å²) in [5.41, 5.74) is 1.65. The Balaban J connectivity index is 2.80. The summed E-state index contributed by atoms with van der Waals surface area (Å²) < 4.78 is 13.1. The number of hydrogen-bond donors (Lipinski definition) is 0. The third-order valence-corrected chi connectivity index (χ3v) is 2.30. The van der Waals surface area contributed by atoms with Gasteiger partial charge in [-0.2, -0.15) is 0 Å². The van der Waals surface area contributed by atoms with Crippen LogP contribution in [-0.4, -0.2) is 11.2 Å². The number of carbonyl (C=O) groups excluding carboxylic acids is 1. The molecule has 0 unspecified atom stereocenters.